The van der Waals surface area contributed by atoms with Gasteiger partial charge in [-0.1, -0.05) is 0 Å². The Kier molecular flexibility index (Phi) is 5.77. The molecule has 1 heterocycles. The van der Waals surface area contributed by atoms with E-state index in [1.54, 1.807) is 6.33 Å². The number of hydrogen-bond donors (Lipinski definition) is 0. The quantitative estimate of drug-likeness (QED) is 0.685. The SMILES string of the molecule is COC(=O)CCCN(C)Cc1ncnn1C(C)C. The standard InChI is InChI=1S/C12H22N4O2/c1-10(2)16-11(13-9-14-16)8-15(3)7-5-6-12(17)18-4/h9-10H,5-8H2,1-4H3. The molecule has 0 aromatic carbocycles. The highest BCUT2D eigenvalue weighted by Crippen LogP contribution is 2.07. The van der Waals surface area contributed by atoms with Crippen LogP contribution in [0.3, 0.4) is 0 Å². The van der Waals surface area contributed by atoms with Crippen molar-refractivity contribution < 1.29 is 9.53 Å². The van der Waals surface area contributed by atoms with Crippen molar-refractivity contribution in [2.24, 2.45) is 0 Å². The van der Waals surface area contributed by atoms with Gasteiger partial charge in [0.05, 0.1) is 13.7 Å². The molecule has 0 aliphatic heterocycles. The summed E-state index contributed by atoms with van der Waals surface area (Å²) < 4.78 is 6.52. The van der Waals surface area contributed by atoms with Crippen LogP contribution in [0.25, 0.3) is 0 Å². The van der Waals surface area contributed by atoms with Crippen molar-refractivity contribution in [3.8, 4) is 0 Å². The molecule has 0 bridgehead atoms. The summed E-state index contributed by atoms with van der Waals surface area (Å²) in [5.41, 5.74) is 0. The zero-order valence-electron chi connectivity index (χ0n) is 11.6. The molecule has 1 aromatic rings. The van der Waals surface area contributed by atoms with Crippen molar-refractivity contribution in [2.75, 3.05) is 20.7 Å². The number of rotatable bonds is 7. The van der Waals surface area contributed by atoms with E-state index in [0.717, 1.165) is 25.3 Å². The highest BCUT2D eigenvalue weighted by atomic mass is 16.5. The van der Waals surface area contributed by atoms with Gasteiger partial charge in [-0.2, -0.15) is 5.10 Å². The average molecular weight is 254 g/mol. The van der Waals surface area contributed by atoms with Crippen molar-refractivity contribution in [3.63, 3.8) is 0 Å². The molecular weight excluding hydrogens is 232 g/mol. The molecule has 0 aliphatic carbocycles. The van der Waals surface area contributed by atoms with E-state index in [9.17, 15) is 4.79 Å². The van der Waals surface area contributed by atoms with Crippen LogP contribution in [0.4, 0.5) is 0 Å². The van der Waals surface area contributed by atoms with Crippen LogP contribution < -0.4 is 0 Å². The second-order valence-electron chi connectivity index (χ2n) is 4.63. The summed E-state index contributed by atoms with van der Waals surface area (Å²) in [5.74, 6) is 0.791. The predicted octanol–water partition coefficient (Wildman–Crippen LogP) is 1.24. The Hall–Kier alpha value is -1.43. The van der Waals surface area contributed by atoms with E-state index in [2.05, 4.69) is 33.6 Å². The van der Waals surface area contributed by atoms with Crippen molar-refractivity contribution in [2.45, 2.75) is 39.3 Å². The lowest BCUT2D eigenvalue weighted by Gasteiger charge is -2.17. The molecule has 1 aromatic heterocycles. The minimum absolute atomic E-state index is 0.159. The molecule has 102 valence electrons. The van der Waals surface area contributed by atoms with Gasteiger partial charge in [0, 0.05) is 12.5 Å². The summed E-state index contributed by atoms with van der Waals surface area (Å²) in [6.07, 6.45) is 2.83. The highest BCUT2D eigenvalue weighted by molar-refractivity contribution is 5.69. The second kappa shape index (κ2) is 7.10. The van der Waals surface area contributed by atoms with Gasteiger partial charge in [0.15, 0.2) is 0 Å². The number of aromatic nitrogens is 3. The third-order valence-electron chi connectivity index (χ3n) is 2.70. The van der Waals surface area contributed by atoms with Crippen molar-refractivity contribution >= 4 is 5.97 Å². The number of methoxy groups -OCH3 is 1. The Balaban J connectivity index is 2.37. The van der Waals surface area contributed by atoms with Crippen LogP contribution in [-0.2, 0) is 16.1 Å². The molecule has 1 rings (SSSR count). The van der Waals surface area contributed by atoms with Crippen LogP contribution in [0, 0.1) is 0 Å². The molecule has 0 spiro atoms. The Morgan fingerprint density at radius 2 is 2.28 bits per heavy atom. The first-order valence-corrected chi connectivity index (χ1v) is 6.18. The van der Waals surface area contributed by atoms with E-state index in [4.69, 9.17) is 0 Å². The normalized spacial score (nSPS) is 11.2. The minimum atomic E-state index is -0.159. The molecule has 0 amide bonds. The molecule has 6 nitrogen and oxygen atoms in total. The van der Waals surface area contributed by atoms with E-state index in [1.165, 1.54) is 7.11 Å². The van der Waals surface area contributed by atoms with E-state index < -0.39 is 0 Å². The molecule has 18 heavy (non-hydrogen) atoms. The lowest BCUT2D eigenvalue weighted by molar-refractivity contribution is -0.140. The third-order valence-corrected chi connectivity index (χ3v) is 2.70. The molecule has 0 saturated carbocycles. The Morgan fingerprint density at radius 1 is 1.56 bits per heavy atom. The summed E-state index contributed by atoms with van der Waals surface area (Å²) in [4.78, 5) is 17.4. The third kappa shape index (κ3) is 4.44. The number of carbonyl (C=O) groups excluding carboxylic acids is 1. The van der Waals surface area contributed by atoms with Crippen LogP contribution in [0.1, 0.15) is 38.6 Å². The average Bonchev–Trinajstić information content (AvgIpc) is 2.76. The smallest absolute Gasteiger partial charge is 0.305 e. The first-order valence-electron chi connectivity index (χ1n) is 6.18. The van der Waals surface area contributed by atoms with Crippen LogP contribution in [0.2, 0.25) is 0 Å². The number of esters is 1. The van der Waals surface area contributed by atoms with Gasteiger partial charge in [0.2, 0.25) is 0 Å². The van der Waals surface area contributed by atoms with Gasteiger partial charge in [-0.25, -0.2) is 9.67 Å². The van der Waals surface area contributed by atoms with Crippen molar-refractivity contribution in [3.05, 3.63) is 12.2 Å². The van der Waals surface area contributed by atoms with Gasteiger partial charge in [-0.05, 0) is 33.9 Å². The molecule has 0 fully saturated rings. The predicted molar refractivity (Wildman–Crippen MR) is 68.0 cm³/mol. The number of ether oxygens (including phenoxy) is 1. The Bertz CT molecular complexity index is 376. The molecular formula is C12H22N4O2. The summed E-state index contributed by atoms with van der Waals surface area (Å²) >= 11 is 0. The second-order valence-corrected chi connectivity index (χ2v) is 4.63. The fraction of sp³-hybridized carbons (Fsp3) is 0.750. The van der Waals surface area contributed by atoms with Gasteiger partial charge in [0.25, 0.3) is 0 Å². The zero-order chi connectivity index (χ0) is 13.5. The molecule has 0 N–H and O–H groups in total. The summed E-state index contributed by atoms with van der Waals surface area (Å²) in [6.45, 7) is 5.73. The molecule has 0 saturated heterocycles. The van der Waals surface area contributed by atoms with Crippen molar-refractivity contribution in [1.29, 1.82) is 0 Å². The summed E-state index contributed by atoms with van der Waals surface area (Å²) in [6, 6.07) is 0.311. The zero-order valence-corrected chi connectivity index (χ0v) is 11.6. The van der Waals surface area contributed by atoms with Gasteiger partial charge in [0.1, 0.15) is 12.2 Å². The fourth-order valence-corrected chi connectivity index (χ4v) is 1.73. The molecule has 0 aliphatic rings. The number of hydrogen-bond acceptors (Lipinski definition) is 5. The first kappa shape index (κ1) is 14.6. The minimum Gasteiger partial charge on any atom is -0.469 e. The summed E-state index contributed by atoms with van der Waals surface area (Å²) in [7, 11) is 3.42. The van der Waals surface area contributed by atoms with E-state index in [1.807, 2.05) is 11.7 Å². The fourth-order valence-electron chi connectivity index (χ4n) is 1.73. The number of carbonyl (C=O) groups is 1. The monoisotopic (exact) mass is 254 g/mol. The Morgan fingerprint density at radius 3 is 2.89 bits per heavy atom. The van der Waals surface area contributed by atoms with Crippen LogP contribution in [0.15, 0.2) is 6.33 Å². The maximum absolute atomic E-state index is 11.0. The van der Waals surface area contributed by atoms with Gasteiger partial charge in [-0.15, -0.1) is 0 Å². The molecule has 6 heteroatoms. The van der Waals surface area contributed by atoms with E-state index in [-0.39, 0.29) is 5.97 Å². The maximum Gasteiger partial charge on any atom is 0.305 e. The van der Waals surface area contributed by atoms with Crippen LogP contribution in [-0.4, -0.2) is 46.3 Å². The van der Waals surface area contributed by atoms with Gasteiger partial charge in [-0.3, -0.25) is 9.69 Å². The lowest BCUT2D eigenvalue weighted by atomic mass is 10.3. The molecule has 0 unspecified atom stereocenters. The topological polar surface area (TPSA) is 60.2 Å². The van der Waals surface area contributed by atoms with Crippen molar-refractivity contribution in [1.82, 2.24) is 19.7 Å². The van der Waals surface area contributed by atoms with Gasteiger partial charge < -0.3 is 4.74 Å². The van der Waals surface area contributed by atoms with E-state index in [0.29, 0.717) is 12.5 Å². The van der Waals surface area contributed by atoms with E-state index >= 15 is 0 Å². The first-order chi connectivity index (χ1) is 8.54. The molecule has 0 atom stereocenters. The van der Waals surface area contributed by atoms with Crippen LogP contribution >= 0.6 is 0 Å². The lowest BCUT2D eigenvalue weighted by Crippen LogP contribution is -2.23. The maximum atomic E-state index is 11.0. The number of nitrogens with zero attached hydrogens (tertiary/aromatic N) is 4. The van der Waals surface area contributed by atoms with Crippen LogP contribution in [0.5, 0.6) is 0 Å². The molecule has 0 radical (unpaired) electrons. The summed E-state index contributed by atoms with van der Waals surface area (Å²) in [5, 5.41) is 4.20. The Labute approximate surface area is 108 Å². The highest BCUT2D eigenvalue weighted by Gasteiger charge is 2.10. The largest absolute Gasteiger partial charge is 0.469 e. The van der Waals surface area contributed by atoms with Gasteiger partial charge >= 0.3 is 5.97 Å².